The number of benzene rings is 1. The fourth-order valence-corrected chi connectivity index (χ4v) is 3.20. The van der Waals surface area contributed by atoms with Gasteiger partial charge in [-0.2, -0.15) is 0 Å². The van der Waals surface area contributed by atoms with E-state index in [1.807, 2.05) is 11.9 Å². The lowest BCUT2D eigenvalue weighted by Gasteiger charge is -2.32. The van der Waals surface area contributed by atoms with Crippen LogP contribution in [0.25, 0.3) is 10.9 Å². The average Bonchev–Trinajstić information content (AvgIpc) is 2.58. The van der Waals surface area contributed by atoms with Crippen LogP contribution in [0.1, 0.15) is 12.8 Å². The van der Waals surface area contributed by atoms with Gasteiger partial charge >= 0.3 is 5.69 Å². The zero-order valence-electron chi connectivity index (χ0n) is 14.1. The highest BCUT2D eigenvalue weighted by molar-refractivity contribution is 6.31. The van der Waals surface area contributed by atoms with Gasteiger partial charge in [0.15, 0.2) is 0 Å². The summed E-state index contributed by atoms with van der Waals surface area (Å²) in [7, 11) is 2.04. The number of rotatable bonds is 4. The van der Waals surface area contributed by atoms with Crippen LogP contribution >= 0.6 is 11.6 Å². The molecule has 1 N–H and O–H groups in total. The number of piperazine rings is 1. The van der Waals surface area contributed by atoms with Crippen molar-refractivity contribution < 1.29 is 4.79 Å². The van der Waals surface area contributed by atoms with Crippen LogP contribution in [-0.4, -0.2) is 58.5 Å². The predicted octanol–water partition coefficient (Wildman–Crippen LogP) is 0.897. The first kappa shape index (κ1) is 17.7. The minimum absolute atomic E-state index is 0.0742. The number of H-pyrrole nitrogens is 1. The number of aromatic amines is 1. The summed E-state index contributed by atoms with van der Waals surface area (Å²) in [6.45, 7) is 3.42. The first-order valence-electron chi connectivity index (χ1n) is 8.34. The minimum atomic E-state index is -0.480. The van der Waals surface area contributed by atoms with Crippen molar-refractivity contribution in [2.75, 3.05) is 33.2 Å². The highest BCUT2D eigenvalue weighted by Crippen LogP contribution is 2.13. The molecule has 1 fully saturated rings. The van der Waals surface area contributed by atoms with Gasteiger partial charge in [-0.15, -0.1) is 0 Å². The van der Waals surface area contributed by atoms with Crippen molar-refractivity contribution in [1.29, 1.82) is 0 Å². The van der Waals surface area contributed by atoms with E-state index >= 15 is 0 Å². The van der Waals surface area contributed by atoms with Gasteiger partial charge in [-0.05, 0) is 31.7 Å². The second kappa shape index (κ2) is 7.41. The summed E-state index contributed by atoms with van der Waals surface area (Å²) in [6, 6.07) is 4.77. The van der Waals surface area contributed by atoms with Gasteiger partial charge < -0.3 is 14.8 Å². The first-order chi connectivity index (χ1) is 12.0. The van der Waals surface area contributed by atoms with Crippen molar-refractivity contribution in [1.82, 2.24) is 19.4 Å². The molecule has 8 heteroatoms. The summed E-state index contributed by atoms with van der Waals surface area (Å²) in [6.07, 6.45) is 0.779. The molecule has 1 aromatic carbocycles. The average molecular weight is 365 g/mol. The van der Waals surface area contributed by atoms with Crippen molar-refractivity contribution in [3.63, 3.8) is 0 Å². The lowest BCUT2D eigenvalue weighted by atomic mass is 10.2. The Morgan fingerprint density at radius 3 is 2.64 bits per heavy atom. The normalized spacial score (nSPS) is 15.7. The second-order valence-corrected chi connectivity index (χ2v) is 6.80. The maximum Gasteiger partial charge on any atom is 0.328 e. The highest BCUT2D eigenvalue weighted by atomic mass is 35.5. The summed E-state index contributed by atoms with van der Waals surface area (Å²) < 4.78 is 1.15. The summed E-state index contributed by atoms with van der Waals surface area (Å²) in [5, 5.41) is 0.868. The molecule has 3 rings (SSSR count). The van der Waals surface area contributed by atoms with Crippen LogP contribution in [0.4, 0.5) is 0 Å². The predicted molar refractivity (Wildman–Crippen MR) is 97.1 cm³/mol. The summed E-state index contributed by atoms with van der Waals surface area (Å²) in [5.74, 6) is 0.0742. The number of aromatic nitrogens is 2. The highest BCUT2D eigenvalue weighted by Gasteiger charge is 2.18. The molecule has 134 valence electrons. The topological polar surface area (TPSA) is 78.4 Å². The molecule has 0 unspecified atom stereocenters. The molecule has 1 amide bonds. The number of nitrogens with one attached hydrogen (secondary N) is 1. The Labute approximate surface area is 149 Å². The van der Waals surface area contributed by atoms with E-state index in [1.54, 1.807) is 18.2 Å². The zero-order valence-corrected chi connectivity index (χ0v) is 14.9. The molecule has 2 heterocycles. The van der Waals surface area contributed by atoms with Crippen molar-refractivity contribution in [3.8, 4) is 0 Å². The smallest absolute Gasteiger partial charge is 0.328 e. The van der Waals surface area contributed by atoms with E-state index < -0.39 is 5.69 Å². The SMILES string of the molecule is CN1CCN(C(=O)CCCn2c(=O)[nH]c3cc(Cl)ccc3c2=O)CC1. The third kappa shape index (κ3) is 3.93. The van der Waals surface area contributed by atoms with Gasteiger partial charge in [-0.1, -0.05) is 11.6 Å². The van der Waals surface area contributed by atoms with Crippen LogP contribution in [0.5, 0.6) is 0 Å². The summed E-state index contributed by atoms with van der Waals surface area (Å²) in [5.41, 5.74) is -0.415. The van der Waals surface area contributed by atoms with E-state index in [9.17, 15) is 14.4 Å². The van der Waals surface area contributed by atoms with E-state index in [4.69, 9.17) is 11.6 Å². The Morgan fingerprint density at radius 1 is 1.20 bits per heavy atom. The van der Waals surface area contributed by atoms with Crippen molar-refractivity contribution in [2.45, 2.75) is 19.4 Å². The molecular weight excluding hydrogens is 344 g/mol. The lowest BCUT2D eigenvalue weighted by Crippen LogP contribution is -2.47. The molecule has 1 saturated heterocycles. The Kier molecular flexibility index (Phi) is 5.24. The summed E-state index contributed by atoms with van der Waals surface area (Å²) in [4.78, 5) is 43.5. The van der Waals surface area contributed by atoms with Gasteiger partial charge in [0.2, 0.25) is 5.91 Å². The van der Waals surface area contributed by atoms with Crippen molar-refractivity contribution in [3.05, 3.63) is 44.1 Å². The molecule has 0 spiro atoms. The number of fused-ring (bicyclic) bond motifs is 1. The third-order valence-electron chi connectivity index (χ3n) is 4.57. The van der Waals surface area contributed by atoms with Gasteiger partial charge in [0, 0.05) is 44.2 Å². The Hall–Kier alpha value is -2.12. The van der Waals surface area contributed by atoms with E-state index in [0.717, 1.165) is 30.7 Å². The lowest BCUT2D eigenvalue weighted by molar-refractivity contribution is -0.132. The van der Waals surface area contributed by atoms with Gasteiger partial charge in [0.05, 0.1) is 10.9 Å². The Bertz CT molecular complexity index is 897. The molecule has 1 aliphatic heterocycles. The van der Waals surface area contributed by atoms with Gasteiger partial charge in [-0.25, -0.2) is 4.79 Å². The van der Waals surface area contributed by atoms with Crippen LogP contribution in [0.15, 0.2) is 27.8 Å². The molecule has 0 bridgehead atoms. The molecule has 0 aliphatic carbocycles. The van der Waals surface area contributed by atoms with E-state index in [1.165, 1.54) is 0 Å². The Morgan fingerprint density at radius 2 is 1.92 bits per heavy atom. The molecular formula is C17H21ClN4O3. The largest absolute Gasteiger partial charge is 0.340 e. The number of halogens is 1. The molecule has 0 radical (unpaired) electrons. The van der Waals surface area contributed by atoms with Crippen molar-refractivity contribution >= 4 is 28.4 Å². The van der Waals surface area contributed by atoms with Gasteiger partial charge in [0.25, 0.3) is 5.56 Å². The third-order valence-corrected chi connectivity index (χ3v) is 4.81. The van der Waals surface area contributed by atoms with Crippen LogP contribution in [0.3, 0.4) is 0 Å². The molecule has 1 aromatic heterocycles. The van der Waals surface area contributed by atoms with Crippen LogP contribution in [-0.2, 0) is 11.3 Å². The number of amides is 1. The Balaban J connectivity index is 1.67. The first-order valence-corrected chi connectivity index (χ1v) is 8.72. The number of hydrogen-bond donors (Lipinski definition) is 1. The number of nitrogens with zero attached hydrogens (tertiary/aromatic N) is 3. The fourth-order valence-electron chi connectivity index (χ4n) is 3.03. The quantitative estimate of drug-likeness (QED) is 0.874. The van der Waals surface area contributed by atoms with Crippen LogP contribution in [0, 0.1) is 0 Å². The monoisotopic (exact) mass is 364 g/mol. The summed E-state index contributed by atoms with van der Waals surface area (Å²) >= 11 is 5.89. The van der Waals surface area contributed by atoms with Crippen LogP contribution < -0.4 is 11.2 Å². The van der Waals surface area contributed by atoms with E-state index in [-0.39, 0.29) is 18.0 Å². The second-order valence-electron chi connectivity index (χ2n) is 6.36. The fraction of sp³-hybridized carbons (Fsp3) is 0.471. The number of carbonyl (C=O) groups excluding carboxylic acids is 1. The van der Waals surface area contributed by atoms with E-state index in [0.29, 0.717) is 28.8 Å². The standard InChI is InChI=1S/C17H21ClN4O3/c1-20-7-9-21(10-8-20)15(23)3-2-6-22-16(24)13-5-4-12(18)11-14(13)19-17(22)25/h4-5,11H,2-3,6-10H2,1H3,(H,19,25). The number of likely N-dealkylation sites (N-methyl/N-ethyl adjacent to an activating group) is 1. The minimum Gasteiger partial charge on any atom is -0.340 e. The zero-order chi connectivity index (χ0) is 18.0. The maximum atomic E-state index is 12.5. The number of hydrogen-bond acceptors (Lipinski definition) is 4. The van der Waals surface area contributed by atoms with Crippen molar-refractivity contribution in [2.24, 2.45) is 0 Å². The number of carbonyl (C=O) groups is 1. The van der Waals surface area contributed by atoms with Crippen LogP contribution in [0.2, 0.25) is 5.02 Å². The van der Waals surface area contributed by atoms with Gasteiger partial charge in [0.1, 0.15) is 0 Å². The molecule has 7 nitrogen and oxygen atoms in total. The van der Waals surface area contributed by atoms with E-state index in [2.05, 4.69) is 9.88 Å². The molecule has 2 aromatic rings. The molecule has 0 atom stereocenters. The maximum absolute atomic E-state index is 12.5. The molecule has 25 heavy (non-hydrogen) atoms. The molecule has 0 saturated carbocycles. The molecule has 1 aliphatic rings. The van der Waals surface area contributed by atoms with Gasteiger partial charge in [-0.3, -0.25) is 14.2 Å².